The molecule has 0 bridgehead atoms. The lowest BCUT2D eigenvalue weighted by Gasteiger charge is -2.74. The van der Waals surface area contributed by atoms with Gasteiger partial charge in [-0.1, -0.05) is 27.7 Å². The van der Waals surface area contributed by atoms with Gasteiger partial charge in [0.05, 0.1) is 17.9 Å². The van der Waals surface area contributed by atoms with Crippen molar-refractivity contribution in [2.45, 2.75) is 98.8 Å². The van der Waals surface area contributed by atoms with Crippen molar-refractivity contribution in [2.75, 3.05) is 7.11 Å². The minimum atomic E-state index is -0.731. The van der Waals surface area contributed by atoms with Crippen molar-refractivity contribution in [3.05, 3.63) is 11.8 Å². The Balaban J connectivity index is 1.56. The highest BCUT2D eigenvalue weighted by Crippen LogP contribution is 2.77. The Morgan fingerprint density at radius 1 is 0.943 bits per heavy atom. The molecule has 0 heterocycles. The third-order valence-corrected chi connectivity index (χ3v) is 13.1. The van der Waals surface area contributed by atoms with Gasteiger partial charge in [-0.3, -0.25) is 9.59 Å². The SMILES string of the molecule is COC(=O)[C@]1(C)CC[C@]2(C)CC[C@]3(C)[C@@H]4CC[C@]5(C=O)C=C(O)C(=O)C[C@@H]5[C@]4(C)CC[C@@]3(C)[C@H]2C1. The van der Waals surface area contributed by atoms with Gasteiger partial charge in [-0.25, -0.2) is 0 Å². The van der Waals surface area contributed by atoms with Crippen LogP contribution in [0.1, 0.15) is 98.8 Å². The number of methoxy groups -OCH3 is 1. The summed E-state index contributed by atoms with van der Waals surface area (Å²) in [5.41, 5.74) is -0.916. The summed E-state index contributed by atoms with van der Waals surface area (Å²) in [5.74, 6) is 0.271. The topological polar surface area (TPSA) is 80.7 Å². The average molecular weight is 485 g/mol. The molecule has 0 amide bonds. The predicted octanol–water partition coefficient (Wildman–Crippen LogP) is 6.20. The largest absolute Gasteiger partial charge is 0.505 e. The minimum absolute atomic E-state index is 0.0592. The van der Waals surface area contributed by atoms with Crippen molar-refractivity contribution < 1.29 is 24.2 Å². The van der Waals surface area contributed by atoms with E-state index < -0.39 is 10.8 Å². The third kappa shape index (κ3) is 3.02. The molecule has 1 N–H and O–H groups in total. The summed E-state index contributed by atoms with van der Waals surface area (Å²) in [4.78, 5) is 38.0. The lowest BCUT2D eigenvalue weighted by molar-refractivity contribution is -0.247. The molecule has 4 fully saturated rings. The van der Waals surface area contributed by atoms with Crippen LogP contribution in [0.5, 0.6) is 0 Å². The highest BCUT2D eigenvalue weighted by molar-refractivity contribution is 5.96. The molecular weight excluding hydrogens is 440 g/mol. The Kier molecular flexibility index (Phi) is 5.32. The van der Waals surface area contributed by atoms with E-state index in [0.717, 1.165) is 57.7 Å². The molecule has 0 aliphatic heterocycles. The maximum absolute atomic E-state index is 12.9. The average Bonchev–Trinajstić information content (AvgIpc) is 2.82. The number of fused-ring (bicyclic) bond motifs is 7. The smallest absolute Gasteiger partial charge is 0.311 e. The van der Waals surface area contributed by atoms with Crippen molar-refractivity contribution in [3.8, 4) is 0 Å². The van der Waals surface area contributed by atoms with Crippen LogP contribution in [0.15, 0.2) is 11.8 Å². The molecule has 5 aliphatic carbocycles. The Labute approximate surface area is 210 Å². The zero-order valence-corrected chi connectivity index (χ0v) is 22.5. The molecule has 0 aromatic heterocycles. The zero-order chi connectivity index (χ0) is 25.7. The molecule has 9 atom stereocenters. The highest BCUT2D eigenvalue weighted by atomic mass is 16.5. The zero-order valence-electron chi connectivity index (χ0n) is 22.5. The fourth-order valence-electron chi connectivity index (χ4n) is 10.6. The van der Waals surface area contributed by atoms with Crippen LogP contribution in [0, 0.1) is 50.2 Å². The van der Waals surface area contributed by atoms with E-state index in [0.29, 0.717) is 18.3 Å². The molecule has 0 radical (unpaired) electrons. The number of ether oxygens (including phenoxy) is 1. The van der Waals surface area contributed by atoms with Gasteiger partial charge in [0.1, 0.15) is 6.29 Å². The molecule has 5 rings (SSSR count). The quantitative estimate of drug-likeness (QED) is 0.372. The summed E-state index contributed by atoms with van der Waals surface area (Å²) in [6, 6.07) is 0. The second kappa shape index (κ2) is 7.44. The van der Waals surface area contributed by atoms with E-state index in [2.05, 4.69) is 34.6 Å². The van der Waals surface area contributed by atoms with Gasteiger partial charge in [-0.2, -0.15) is 0 Å². The van der Waals surface area contributed by atoms with Crippen molar-refractivity contribution in [2.24, 2.45) is 50.2 Å². The lowest BCUT2D eigenvalue weighted by Crippen LogP contribution is -2.67. The van der Waals surface area contributed by atoms with Crippen LogP contribution in [-0.4, -0.2) is 30.3 Å². The van der Waals surface area contributed by atoms with Crippen LogP contribution in [0.25, 0.3) is 0 Å². The summed E-state index contributed by atoms with van der Waals surface area (Å²) >= 11 is 0. The first-order valence-corrected chi connectivity index (χ1v) is 13.7. The van der Waals surface area contributed by atoms with Crippen LogP contribution in [0.2, 0.25) is 0 Å². The Hall–Kier alpha value is -1.65. The number of rotatable bonds is 2. The number of aliphatic hydroxyl groups excluding tert-OH is 1. The van der Waals surface area contributed by atoms with Crippen LogP contribution in [-0.2, 0) is 19.1 Å². The van der Waals surface area contributed by atoms with E-state index in [1.165, 1.54) is 7.11 Å². The van der Waals surface area contributed by atoms with Crippen molar-refractivity contribution >= 4 is 18.0 Å². The molecular formula is C30H44O5. The van der Waals surface area contributed by atoms with E-state index in [4.69, 9.17) is 4.74 Å². The van der Waals surface area contributed by atoms with Crippen molar-refractivity contribution in [1.82, 2.24) is 0 Å². The van der Waals surface area contributed by atoms with Crippen molar-refractivity contribution in [3.63, 3.8) is 0 Å². The number of Topliss-reactive ketones (excluding diaryl/α,β-unsaturated/α-hetero) is 1. The lowest BCUT2D eigenvalue weighted by atomic mass is 9.30. The molecule has 5 nitrogen and oxygen atoms in total. The Morgan fingerprint density at radius 2 is 1.57 bits per heavy atom. The number of esters is 1. The Bertz CT molecular complexity index is 1000. The number of allylic oxidation sites excluding steroid dienone is 2. The van der Waals surface area contributed by atoms with Gasteiger partial charge in [0.15, 0.2) is 11.5 Å². The highest BCUT2D eigenvalue weighted by Gasteiger charge is 2.71. The third-order valence-electron chi connectivity index (χ3n) is 13.1. The van der Waals surface area contributed by atoms with E-state index in [9.17, 15) is 19.5 Å². The fourth-order valence-corrected chi connectivity index (χ4v) is 10.6. The number of hydrogen-bond acceptors (Lipinski definition) is 5. The second-order valence-electron chi connectivity index (χ2n) is 14.3. The number of carbonyl (C=O) groups excluding carboxylic acids is 3. The summed E-state index contributed by atoms with van der Waals surface area (Å²) < 4.78 is 5.27. The Morgan fingerprint density at radius 3 is 2.23 bits per heavy atom. The van der Waals surface area contributed by atoms with E-state index >= 15 is 0 Å². The second-order valence-corrected chi connectivity index (χ2v) is 14.3. The first kappa shape index (κ1) is 25.0. The summed E-state index contributed by atoms with van der Waals surface area (Å²) in [6.45, 7) is 11.9. The number of carbonyl (C=O) groups is 3. The first-order valence-electron chi connectivity index (χ1n) is 13.7. The molecule has 5 heteroatoms. The first-order chi connectivity index (χ1) is 16.2. The molecule has 5 aliphatic rings. The van der Waals surface area contributed by atoms with Crippen LogP contribution >= 0.6 is 0 Å². The van der Waals surface area contributed by atoms with Gasteiger partial charge >= 0.3 is 5.97 Å². The molecule has 0 saturated heterocycles. The van der Waals surface area contributed by atoms with Crippen LogP contribution < -0.4 is 0 Å². The predicted molar refractivity (Wildman–Crippen MR) is 133 cm³/mol. The van der Waals surface area contributed by atoms with E-state index in [1.807, 2.05) is 0 Å². The fraction of sp³-hybridized carbons (Fsp3) is 0.833. The molecule has 0 aromatic rings. The number of aliphatic hydroxyl groups is 1. The van der Waals surface area contributed by atoms with Gasteiger partial charge in [0.2, 0.25) is 0 Å². The van der Waals surface area contributed by atoms with E-state index in [-0.39, 0.29) is 51.5 Å². The molecule has 194 valence electrons. The normalized spacial score (nSPS) is 53.3. The van der Waals surface area contributed by atoms with Gasteiger partial charge in [-0.05, 0) is 110 Å². The number of hydrogen-bond donors (Lipinski definition) is 1. The molecule has 0 unspecified atom stereocenters. The minimum Gasteiger partial charge on any atom is -0.505 e. The maximum Gasteiger partial charge on any atom is 0.311 e. The molecule has 0 spiro atoms. The van der Waals surface area contributed by atoms with Crippen LogP contribution in [0.4, 0.5) is 0 Å². The molecule has 4 saturated carbocycles. The van der Waals surface area contributed by atoms with Gasteiger partial charge in [0, 0.05) is 6.42 Å². The summed E-state index contributed by atoms with van der Waals surface area (Å²) in [6.07, 6.45) is 11.7. The molecule has 0 aromatic carbocycles. The van der Waals surface area contributed by atoms with Crippen molar-refractivity contribution in [1.29, 1.82) is 0 Å². The standard InChI is InChI=1S/C30H44O5/c1-25-9-10-26(2,24(34)35-6)17-23(25)29(5)14-12-27(3)21(28(29,4)13-11-25)7-8-30(18-31)16-20(33)19(32)15-22(27)30/h16,18,21-23,33H,7-15,17H2,1-6H3/t21-,22-,23+,25-,26-,27-,28-,29+,30-/m1/s1. The maximum atomic E-state index is 12.9. The van der Waals surface area contributed by atoms with E-state index in [1.54, 1.807) is 6.08 Å². The van der Waals surface area contributed by atoms with Gasteiger partial charge in [-0.15, -0.1) is 0 Å². The monoisotopic (exact) mass is 484 g/mol. The van der Waals surface area contributed by atoms with Gasteiger partial charge < -0.3 is 14.6 Å². The summed E-state index contributed by atoms with van der Waals surface area (Å²) in [7, 11) is 1.51. The molecule has 35 heavy (non-hydrogen) atoms. The van der Waals surface area contributed by atoms with Crippen LogP contribution in [0.3, 0.4) is 0 Å². The summed E-state index contributed by atoms with van der Waals surface area (Å²) in [5, 5.41) is 10.3. The number of ketones is 1. The number of aldehydes is 1. The van der Waals surface area contributed by atoms with Gasteiger partial charge in [0.25, 0.3) is 0 Å².